The molecular formula is C17H17NO2S. The SMILES string of the molecule is O=C(Oc1cccc(-c2ccncc2)c1)C1CCCCS1. The maximum absolute atomic E-state index is 12.2. The van der Waals surface area contributed by atoms with Gasteiger partial charge in [-0.3, -0.25) is 9.78 Å². The smallest absolute Gasteiger partial charge is 0.324 e. The second-order valence-corrected chi connectivity index (χ2v) is 6.35. The lowest BCUT2D eigenvalue weighted by atomic mass is 10.1. The van der Waals surface area contributed by atoms with Crippen molar-refractivity contribution in [1.29, 1.82) is 0 Å². The first-order chi connectivity index (χ1) is 10.3. The number of nitrogens with zero attached hydrogens (tertiary/aromatic N) is 1. The Morgan fingerprint density at radius 1 is 1.14 bits per heavy atom. The third-order valence-corrected chi connectivity index (χ3v) is 4.86. The molecule has 0 aliphatic carbocycles. The fraction of sp³-hybridized carbons (Fsp3) is 0.294. The van der Waals surface area contributed by atoms with Crippen molar-refractivity contribution in [2.45, 2.75) is 24.5 Å². The van der Waals surface area contributed by atoms with E-state index in [2.05, 4.69) is 4.98 Å². The van der Waals surface area contributed by atoms with E-state index >= 15 is 0 Å². The van der Waals surface area contributed by atoms with Crippen LogP contribution in [0.3, 0.4) is 0 Å². The van der Waals surface area contributed by atoms with Crippen molar-refractivity contribution in [2.75, 3.05) is 5.75 Å². The number of hydrogen-bond acceptors (Lipinski definition) is 4. The lowest BCUT2D eigenvalue weighted by molar-refractivity contribution is -0.133. The third kappa shape index (κ3) is 3.64. The highest BCUT2D eigenvalue weighted by atomic mass is 32.2. The van der Waals surface area contributed by atoms with Crippen molar-refractivity contribution in [3.8, 4) is 16.9 Å². The average Bonchev–Trinajstić information content (AvgIpc) is 2.57. The second kappa shape index (κ2) is 6.76. The average molecular weight is 299 g/mol. The summed E-state index contributed by atoms with van der Waals surface area (Å²) in [7, 11) is 0. The Labute approximate surface area is 128 Å². The Morgan fingerprint density at radius 3 is 2.76 bits per heavy atom. The highest BCUT2D eigenvalue weighted by Gasteiger charge is 2.23. The molecule has 3 nitrogen and oxygen atoms in total. The Morgan fingerprint density at radius 2 is 2.00 bits per heavy atom. The molecule has 4 heteroatoms. The van der Waals surface area contributed by atoms with Crippen LogP contribution in [0, 0.1) is 0 Å². The number of carbonyl (C=O) groups excluding carboxylic acids is 1. The van der Waals surface area contributed by atoms with Crippen LogP contribution in [0.15, 0.2) is 48.8 Å². The summed E-state index contributed by atoms with van der Waals surface area (Å²) in [4.78, 5) is 16.2. The van der Waals surface area contributed by atoms with Crippen LogP contribution in [-0.2, 0) is 4.79 Å². The molecule has 2 aromatic rings. The summed E-state index contributed by atoms with van der Waals surface area (Å²) in [6.45, 7) is 0. The minimum absolute atomic E-state index is 0.0108. The minimum Gasteiger partial charge on any atom is -0.426 e. The highest BCUT2D eigenvalue weighted by molar-refractivity contribution is 8.00. The van der Waals surface area contributed by atoms with Crippen LogP contribution in [-0.4, -0.2) is 22.0 Å². The van der Waals surface area contributed by atoms with Gasteiger partial charge < -0.3 is 4.74 Å². The topological polar surface area (TPSA) is 39.2 Å². The molecule has 1 aliphatic heterocycles. The quantitative estimate of drug-likeness (QED) is 0.635. The molecule has 1 aliphatic rings. The van der Waals surface area contributed by atoms with Gasteiger partial charge in [-0.15, -0.1) is 11.8 Å². The van der Waals surface area contributed by atoms with Gasteiger partial charge in [0.1, 0.15) is 11.0 Å². The molecule has 1 aromatic carbocycles. The number of carbonyl (C=O) groups is 1. The van der Waals surface area contributed by atoms with Gasteiger partial charge in [-0.05, 0) is 54.0 Å². The van der Waals surface area contributed by atoms with E-state index in [1.165, 1.54) is 6.42 Å². The first-order valence-electron chi connectivity index (χ1n) is 7.17. The molecule has 0 N–H and O–H groups in total. The van der Waals surface area contributed by atoms with Crippen LogP contribution in [0.2, 0.25) is 0 Å². The molecule has 1 unspecified atom stereocenters. The van der Waals surface area contributed by atoms with Crippen molar-refractivity contribution in [2.24, 2.45) is 0 Å². The van der Waals surface area contributed by atoms with E-state index in [0.717, 1.165) is 29.7 Å². The van der Waals surface area contributed by atoms with Crippen molar-refractivity contribution >= 4 is 17.7 Å². The summed E-state index contributed by atoms with van der Waals surface area (Å²) in [5, 5.41) is -0.0108. The van der Waals surface area contributed by atoms with Gasteiger partial charge in [0.05, 0.1) is 0 Å². The van der Waals surface area contributed by atoms with Crippen molar-refractivity contribution in [3.05, 3.63) is 48.8 Å². The lowest BCUT2D eigenvalue weighted by Gasteiger charge is -2.19. The maximum Gasteiger partial charge on any atom is 0.324 e. The summed E-state index contributed by atoms with van der Waals surface area (Å²) >= 11 is 1.71. The number of esters is 1. The van der Waals surface area contributed by atoms with Crippen molar-refractivity contribution < 1.29 is 9.53 Å². The number of pyridine rings is 1. The maximum atomic E-state index is 12.2. The van der Waals surface area contributed by atoms with Crippen LogP contribution >= 0.6 is 11.8 Å². The summed E-state index contributed by atoms with van der Waals surface area (Å²) in [5.41, 5.74) is 2.09. The molecule has 0 amide bonds. The molecule has 108 valence electrons. The number of ether oxygens (including phenoxy) is 1. The number of hydrogen-bond donors (Lipinski definition) is 0. The first kappa shape index (κ1) is 14.1. The molecule has 1 fully saturated rings. The van der Waals surface area contributed by atoms with E-state index in [1.807, 2.05) is 36.4 Å². The standard InChI is InChI=1S/C17H17NO2S/c19-17(16-6-1-2-11-21-16)20-15-5-3-4-14(12-15)13-7-9-18-10-8-13/h3-5,7-10,12,16H,1-2,6,11H2. The predicted molar refractivity (Wildman–Crippen MR) is 85.4 cm³/mol. The van der Waals surface area contributed by atoms with Crippen LogP contribution in [0.4, 0.5) is 0 Å². The van der Waals surface area contributed by atoms with Gasteiger partial charge in [0.25, 0.3) is 0 Å². The van der Waals surface area contributed by atoms with Gasteiger partial charge in [-0.2, -0.15) is 0 Å². The molecule has 2 heterocycles. The first-order valence-corrected chi connectivity index (χ1v) is 8.21. The molecule has 0 spiro atoms. The van der Waals surface area contributed by atoms with E-state index in [-0.39, 0.29) is 11.2 Å². The van der Waals surface area contributed by atoms with Crippen LogP contribution in [0.25, 0.3) is 11.1 Å². The Balaban J connectivity index is 1.73. The van der Waals surface area contributed by atoms with Crippen LogP contribution in [0.5, 0.6) is 5.75 Å². The summed E-state index contributed by atoms with van der Waals surface area (Å²) in [5.74, 6) is 1.55. The lowest BCUT2D eigenvalue weighted by Crippen LogP contribution is -2.25. The second-order valence-electron chi connectivity index (χ2n) is 5.04. The molecular weight excluding hydrogens is 282 g/mol. The minimum atomic E-state index is -0.119. The van der Waals surface area contributed by atoms with E-state index < -0.39 is 0 Å². The zero-order valence-electron chi connectivity index (χ0n) is 11.7. The van der Waals surface area contributed by atoms with Crippen molar-refractivity contribution in [1.82, 2.24) is 4.98 Å². The third-order valence-electron chi connectivity index (χ3n) is 3.51. The fourth-order valence-electron chi connectivity index (χ4n) is 2.39. The zero-order chi connectivity index (χ0) is 14.5. The predicted octanol–water partition coefficient (Wildman–Crippen LogP) is 3.94. The number of thioether (sulfide) groups is 1. The Hall–Kier alpha value is -1.81. The summed E-state index contributed by atoms with van der Waals surface area (Å²) in [6, 6.07) is 11.5. The number of rotatable bonds is 3. The van der Waals surface area contributed by atoms with Crippen molar-refractivity contribution in [3.63, 3.8) is 0 Å². The molecule has 21 heavy (non-hydrogen) atoms. The van der Waals surface area contributed by atoms with Gasteiger partial charge in [0.15, 0.2) is 0 Å². The molecule has 1 saturated heterocycles. The molecule has 1 atom stereocenters. The summed E-state index contributed by atoms with van der Waals surface area (Å²) in [6.07, 6.45) is 6.75. The number of aromatic nitrogens is 1. The summed E-state index contributed by atoms with van der Waals surface area (Å²) < 4.78 is 5.54. The van der Waals surface area contributed by atoms with Gasteiger partial charge in [-0.1, -0.05) is 18.6 Å². The van der Waals surface area contributed by atoms with Crippen LogP contribution < -0.4 is 4.74 Å². The van der Waals surface area contributed by atoms with E-state index in [0.29, 0.717) is 5.75 Å². The highest BCUT2D eigenvalue weighted by Crippen LogP contribution is 2.28. The van der Waals surface area contributed by atoms with E-state index in [1.54, 1.807) is 24.2 Å². The van der Waals surface area contributed by atoms with Gasteiger partial charge in [0.2, 0.25) is 0 Å². The van der Waals surface area contributed by atoms with Crippen LogP contribution in [0.1, 0.15) is 19.3 Å². The molecule has 0 radical (unpaired) electrons. The largest absolute Gasteiger partial charge is 0.426 e. The normalized spacial score (nSPS) is 18.2. The molecule has 1 aromatic heterocycles. The molecule has 3 rings (SSSR count). The van der Waals surface area contributed by atoms with E-state index in [4.69, 9.17) is 4.74 Å². The fourth-order valence-corrected chi connectivity index (χ4v) is 3.56. The molecule has 0 saturated carbocycles. The Kier molecular flexibility index (Phi) is 4.55. The van der Waals surface area contributed by atoms with E-state index in [9.17, 15) is 4.79 Å². The number of benzene rings is 1. The van der Waals surface area contributed by atoms with Gasteiger partial charge in [-0.25, -0.2) is 0 Å². The Bertz CT molecular complexity index is 609. The zero-order valence-corrected chi connectivity index (χ0v) is 12.5. The monoisotopic (exact) mass is 299 g/mol. The van der Waals surface area contributed by atoms with Gasteiger partial charge >= 0.3 is 5.97 Å². The van der Waals surface area contributed by atoms with Gasteiger partial charge in [0, 0.05) is 12.4 Å². The molecule has 0 bridgehead atoms.